The average Bonchev–Trinajstić information content (AvgIpc) is 2.64. The molecule has 5 nitrogen and oxygen atoms in total. The number of halogens is 1. The van der Waals surface area contributed by atoms with E-state index in [9.17, 15) is 13.2 Å². The van der Waals surface area contributed by atoms with Gasteiger partial charge in [-0.05, 0) is 47.2 Å². The van der Waals surface area contributed by atoms with Gasteiger partial charge in [-0.25, -0.2) is 13.1 Å². The highest BCUT2D eigenvalue weighted by Gasteiger charge is 2.17. The van der Waals surface area contributed by atoms with Crippen molar-refractivity contribution < 1.29 is 13.2 Å². The van der Waals surface area contributed by atoms with E-state index < -0.39 is 10.0 Å². The number of sulfonamides is 1. The van der Waals surface area contributed by atoms with Crippen molar-refractivity contribution in [2.45, 2.75) is 43.9 Å². The molecule has 0 aliphatic carbocycles. The van der Waals surface area contributed by atoms with Crippen LogP contribution in [0.1, 0.15) is 38.3 Å². The molecule has 0 aliphatic rings. The number of nitrogens with one attached hydrogen (secondary N) is 2. The van der Waals surface area contributed by atoms with Crippen molar-refractivity contribution in [3.8, 4) is 0 Å². The van der Waals surface area contributed by atoms with Crippen molar-refractivity contribution in [2.24, 2.45) is 0 Å². The van der Waals surface area contributed by atoms with Crippen LogP contribution in [0.25, 0.3) is 0 Å². The summed E-state index contributed by atoms with van der Waals surface area (Å²) in [5.74, 6) is -0.122. The number of hydrogen-bond acceptors (Lipinski definition) is 3. The maximum Gasteiger partial charge on any atom is 0.240 e. The standard InChI is InChI=1S/C21H27ClN2O3S/c1-21(2,3)17-7-11-19(12-8-17)28(26,27)24-15-14-23-20(25)13-6-16-4-9-18(22)10-5-16/h4-5,7-12,24H,6,13-15H2,1-3H3,(H,23,25). The minimum atomic E-state index is -3.59. The fourth-order valence-electron chi connectivity index (χ4n) is 2.60. The van der Waals surface area contributed by atoms with Gasteiger partial charge in [-0.3, -0.25) is 4.79 Å². The van der Waals surface area contributed by atoms with Gasteiger partial charge in [0.25, 0.3) is 0 Å². The summed E-state index contributed by atoms with van der Waals surface area (Å²) in [4.78, 5) is 12.1. The highest BCUT2D eigenvalue weighted by atomic mass is 35.5. The summed E-state index contributed by atoms with van der Waals surface area (Å²) in [6.07, 6.45) is 0.942. The third-order valence-electron chi connectivity index (χ3n) is 4.32. The van der Waals surface area contributed by atoms with E-state index in [1.165, 1.54) is 0 Å². The Morgan fingerprint density at radius 1 is 0.964 bits per heavy atom. The highest BCUT2D eigenvalue weighted by molar-refractivity contribution is 7.89. The first-order valence-electron chi connectivity index (χ1n) is 9.19. The molecular formula is C21H27ClN2O3S. The zero-order chi connectivity index (χ0) is 20.8. The number of aryl methyl sites for hydroxylation is 1. The third-order valence-corrected chi connectivity index (χ3v) is 6.05. The fraction of sp³-hybridized carbons (Fsp3) is 0.381. The minimum Gasteiger partial charge on any atom is -0.355 e. The SMILES string of the molecule is CC(C)(C)c1ccc(S(=O)(=O)NCCNC(=O)CCc2ccc(Cl)cc2)cc1. The first kappa shape index (κ1) is 22.4. The van der Waals surface area contributed by atoms with E-state index in [0.717, 1.165) is 11.1 Å². The van der Waals surface area contributed by atoms with Crippen molar-refractivity contribution in [3.63, 3.8) is 0 Å². The maximum atomic E-state index is 12.3. The Labute approximate surface area is 172 Å². The number of carbonyl (C=O) groups excluding carboxylic acids is 1. The molecule has 2 aromatic carbocycles. The van der Waals surface area contributed by atoms with Crippen molar-refractivity contribution in [1.82, 2.24) is 10.0 Å². The van der Waals surface area contributed by atoms with Gasteiger partial charge in [0.1, 0.15) is 0 Å². The molecule has 0 aromatic heterocycles. The molecule has 0 saturated carbocycles. The predicted octanol–water partition coefficient (Wildman–Crippen LogP) is 3.66. The van der Waals surface area contributed by atoms with Gasteiger partial charge in [0, 0.05) is 24.5 Å². The quantitative estimate of drug-likeness (QED) is 0.637. The van der Waals surface area contributed by atoms with Gasteiger partial charge >= 0.3 is 0 Å². The summed E-state index contributed by atoms with van der Waals surface area (Å²) in [6, 6.07) is 14.2. The van der Waals surface area contributed by atoms with Gasteiger partial charge in [0.05, 0.1) is 4.90 Å². The Bertz CT molecular complexity index is 887. The molecule has 0 fully saturated rings. The van der Waals surface area contributed by atoms with Crippen LogP contribution in [0.2, 0.25) is 5.02 Å². The van der Waals surface area contributed by atoms with Crippen molar-refractivity contribution in [3.05, 3.63) is 64.7 Å². The average molecular weight is 423 g/mol. The number of rotatable bonds is 8. The molecule has 152 valence electrons. The molecule has 2 rings (SSSR count). The van der Waals surface area contributed by atoms with Crippen LogP contribution in [0, 0.1) is 0 Å². The Kier molecular flexibility index (Phi) is 7.63. The predicted molar refractivity (Wildman–Crippen MR) is 113 cm³/mol. The summed E-state index contributed by atoms with van der Waals surface area (Å²) < 4.78 is 27.2. The van der Waals surface area contributed by atoms with Gasteiger partial charge in [0.15, 0.2) is 0 Å². The van der Waals surface area contributed by atoms with E-state index in [0.29, 0.717) is 17.9 Å². The van der Waals surface area contributed by atoms with Crippen LogP contribution in [0.15, 0.2) is 53.4 Å². The summed E-state index contributed by atoms with van der Waals surface area (Å²) >= 11 is 5.83. The second-order valence-corrected chi connectivity index (χ2v) is 9.85. The number of carbonyl (C=O) groups is 1. The summed E-state index contributed by atoms with van der Waals surface area (Å²) in [6.45, 7) is 6.59. The smallest absolute Gasteiger partial charge is 0.240 e. The van der Waals surface area contributed by atoms with Crippen molar-refractivity contribution in [1.29, 1.82) is 0 Å². The van der Waals surface area contributed by atoms with E-state index in [-0.39, 0.29) is 29.3 Å². The van der Waals surface area contributed by atoms with Crippen molar-refractivity contribution in [2.75, 3.05) is 13.1 Å². The number of hydrogen-bond donors (Lipinski definition) is 2. The lowest BCUT2D eigenvalue weighted by molar-refractivity contribution is -0.121. The van der Waals surface area contributed by atoms with Gasteiger partial charge in [-0.15, -0.1) is 0 Å². The minimum absolute atomic E-state index is 0.0357. The first-order valence-corrected chi connectivity index (χ1v) is 11.1. The molecule has 28 heavy (non-hydrogen) atoms. The van der Waals surface area contributed by atoms with E-state index >= 15 is 0 Å². The van der Waals surface area contributed by atoms with E-state index in [4.69, 9.17) is 11.6 Å². The van der Waals surface area contributed by atoms with E-state index in [1.54, 1.807) is 24.3 Å². The van der Waals surface area contributed by atoms with Crippen LogP contribution in [0.3, 0.4) is 0 Å². The van der Waals surface area contributed by atoms with Crippen LogP contribution in [-0.2, 0) is 26.7 Å². The highest BCUT2D eigenvalue weighted by Crippen LogP contribution is 2.23. The topological polar surface area (TPSA) is 75.3 Å². The number of amides is 1. The molecule has 0 bridgehead atoms. The van der Waals surface area contributed by atoms with Gasteiger partial charge in [-0.1, -0.05) is 56.6 Å². The van der Waals surface area contributed by atoms with Crippen LogP contribution < -0.4 is 10.0 Å². The van der Waals surface area contributed by atoms with Crippen LogP contribution in [0.5, 0.6) is 0 Å². The number of benzene rings is 2. The normalized spacial score (nSPS) is 12.0. The molecule has 0 atom stereocenters. The van der Waals surface area contributed by atoms with Crippen LogP contribution in [0.4, 0.5) is 0 Å². The third kappa shape index (κ3) is 6.93. The molecule has 0 aliphatic heterocycles. The van der Waals surface area contributed by atoms with Gasteiger partial charge in [-0.2, -0.15) is 0 Å². The molecule has 0 unspecified atom stereocenters. The summed E-state index contributed by atoms with van der Waals surface area (Å²) in [5, 5.41) is 3.39. The summed E-state index contributed by atoms with van der Waals surface area (Å²) in [7, 11) is -3.59. The molecular weight excluding hydrogens is 396 g/mol. The Morgan fingerprint density at radius 3 is 2.14 bits per heavy atom. The van der Waals surface area contributed by atoms with Gasteiger partial charge < -0.3 is 5.32 Å². The summed E-state index contributed by atoms with van der Waals surface area (Å²) in [5.41, 5.74) is 2.06. The van der Waals surface area contributed by atoms with Crippen LogP contribution in [-0.4, -0.2) is 27.4 Å². The first-order chi connectivity index (χ1) is 13.1. The second-order valence-electron chi connectivity index (χ2n) is 7.65. The zero-order valence-electron chi connectivity index (χ0n) is 16.5. The van der Waals surface area contributed by atoms with E-state index in [1.807, 2.05) is 24.3 Å². The van der Waals surface area contributed by atoms with E-state index in [2.05, 4.69) is 30.8 Å². The Hall–Kier alpha value is -1.89. The molecule has 0 saturated heterocycles. The lowest BCUT2D eigenvalue weighted by Gasteiger charge is -2.19. The van der Waals surface area contributed by atoms with Crippen LogP contribution >= 0.6 is 11.6 Å². The molecule has 0 radical (unpaired) electrons. The Morgan fingerprint density at radius 2 is 1.57 bits per heavy atom. The van der Waals surface area contributed by atoms with Crippen molar-refractivity contribution >= 4 is 27.5 Å². The molecule has 2 N–H and O–H groups in total. The molecule has 2 aromatic rings. The lowest BCUT2D eigenvalue weighted by Crippen LogP contribution is -2.34. The Balaban J connectivity index is 1.75. The fourth-order valence-corrected chi connectivity index (χ4v) is 3.76. The largest absolute Gasteiger partial charge is 0.355 e. The lowest BCUT2D eigenvalue weighted by atomic mass is 9.87. The molecule has 0 heterocycles. The van der Waals surface area contributed by atoms with Gasteiger partial charge in [0.2, 0.25) is 15.9 Å². The maximum absolute atomic E-state index is 12.3. The zero-order valence-corrected chi connectivity index (χ0v) is 18.0. The molecule has 1 amide bonds. The second kappa shape index (κ2) is 9.54. The monoisotopic (exact) mass is 422 g/mol. The molecule has 0 spiro atoms. The molecule has 7 heteroatoms.